The van der Waals surface area contributed by atoms with E-state index in [-0.39, 0.29) is 0 Å². The van der Waals surface area contributed by atoms with Gasteiger partial charge in [-0.15, -0.1) is 0 Å². The molecule has 0 aliphatic heterocycles. The summed E-state index contributed by atoms with van der Waals surface area (Å²) in [5.41, 5.74) is 0. The SMILES string of the molecule is CCOC1CC(NCCCOCc2ccco2)C1. The Kier molecular flexibility index (Phi) is 5.71. The van der Waals surface area contributed by atoms with Gasteiger partial charge < -0.3 is 19.2 Å². The highest BCUT2D eigenvalue weighted by atomic mass is 16.5. The van der Waals surface area contributed by atoms with Crippen LogP contribution in [0.25, 0.3) is 0 Å². The van der Waals surface area contributed by atoms with E-state index < -0.39 is 0 Å². The van der Waals surface area contributed by atoms with Crippen LogP contribution in [0.3, 0.4) is 0 Å². The zero-order valence-corrected chi connectivity index (χ0v) is 11.1. The van der Waals surface area contributed by atoms with Crippen LogP contribution in [0.2, 0.25) is 0 Å². The summed E-state index contributed by atoms with van der Waals surface area (Å²) in [7, 11) is 0. The Bertz CT molecular complexity index is 307. The Morgan fingerprint density at radius 2 is 2.33 bits per heavy atom. The number of rotatable bonds is 9. The topological polar surface area (TPSA) is 43.6 Å². The molecule has 1 fully saturated rings. The summed E-state index contributed by atoms with van der Waals surface area (Å²) in [6.07, 6.45) is 5.51. The summed E-state index contributed by atoms with van der Waals surface area (Å²) in [6.45, 7) is 5.24. The molecular formula is C14H23NO3. The molecule has 0 aromatic carbocycles. The van der Waals surface area contributed by atoms with Crippen LogP contribution in [-0.2, 0) is 16.1 Å². The largest absolute Gasteiger partial charge is 0.467 e. The van der Waals surface area contributed by atoms with Crippen molar-refractivity contribution < 1.29 is 13.9 Å². The third kappa shape index (κ3) is 4.44. The molecule has 1 heterocycles. The molecule has 1 N–H and O–H groups in total. The van der Waals surface area contributed by atoms with E-state index >= 15 is 0 Å². The van der Waals surface area contributed by atoms with Gasteiger partial charge in [-0.25, -0.2) is 0 Å². The van der Waals surface area contributed by atoms with Crippen molar-refractivity contribution in [2.45, 2.75) is 44.9 Å². The summed E-state index contributed by atoms with van der Waals surface area (Å²) in [5.74, 6) is 0.890. The molecule has 4 nitrogen and oxygen atoms in total. The van der Waals surface area contributed by atoms with Crippen molar-refractivity contribution in [2.24, 2.45) is 0 Å². The molecule has 2 rings (SSSR count). The lowest BCUT2D eigenvalue weighted by Crippen LogP contribution is -2.45. The maximum Gasteiger partial charge on any atom is 0.129 e. The van der Waals surface area contributed by atoms with Crippen molar-refractivity contribution in [3.05, 3.63) is 24.2 Å². The molecule has 0 unspecified atom stereocenters. The first-order chi connectivity index (χ1) is 8.88. The standard InChI is InChI=1S/C14H23NO3/c1-2-17-14-9-12(10-14)15-6-4-7-16-11-13-5-3-8-18-13/h3,5,8,12,14-15H,2,4,6-7,9-11H2,1H3. The Morgan fingerprint density at radius 3 is 3.06 bits per heavy atom. The van der Waals surface area contributed by atoms with Gasteiger partial charge in [0.1, 0.15) is 12.4 Å². The second-order valence-electron chi connectivity index (χ2n) is 4.69. The highest BCUT2D eigenvalue weighted by Crippen LogP contribution is 2.22. The third-order valence-corrected chi connectivity index (χ3v) is 3.22. The van der Waals surface area contributed by atoms with E-state index in [4.69, 9.17) is 13.9 Å². The van der Waals surface area contributed by atoms with E-state index in [1.54, 1.807) is 6.26 Å². The summed E-state index contributed by atoms with van der Waals surface area (Å²) in [5, 5.41) is 3.52. The van der Waals surface area contributed by atoms with E-state index in [9.17, 15) is 0 Å². The van der Waals surface area contributed by atoms with Crippen LogP contribution in [0.15, 0.2) is 22.8 Å². The monoisotopic (exact) mass is 253 g/mol. The van der Waals surface area contributed by atoms with Gasteiger partial charge in [-0.1, -0.05) is 0 Å². The first kappa shape index (κ1) is 13.6. The van der Waals surface area contributed by atoms with Crippen LogP contribution in [-0.4, -0.2) is 31.9 Å². The van der Waals surface area contributed by atoms with Crippen LogP contribution in [0.1, 0.15) is 31.9 Å². The van der Waals surface area contributed by atoms with Crippen molar-refractivity contribution in [3.8, 4) is 0 Å². The van der Waals surface area contributed by atoms with Gasteiger partial charge >= 0.3 is 0 Å². The predicted octanol–water partition coefficient (Wildman–Crippen LogP) is 2.34. The smallest absolute Gasteiger partial charge is 0.129 e. The zero-order valence-electron chi connectivity index (χ0n) is 11.1. The molecular weight excluding hydrogens is 230 g/mol. The summed E-state index contributed by atoms with van der Waals surface area (Å²) in [6, 6.07) is 4.46. The Morgan fingerprint density at radius 1 is 1.44 bits per heavy atom. The van der Waals surface area contributed by atoms with E-state index in [1.807, 2.05) is 12.1 Å². The lowest BCUT2D eigenvalue weighted by atomic mass is 9.89. The van der Waals surface area contributed by atoms with Gasteiger partial charge in [-0.3, -0.25) is 0 Å². The first-order valence-electron chi connectivity index (χ1n) is 6.83. The minimum Gasteiger partial charge on any atom is -0.467 e. The molecule has 0 amide bonds. The summed E-state index contributed by atoms with van der Waals surface area (Å²) >= 11 is 0. The van der Waals surface area contributed by atoms with Gasteiger partial charge in [0.05, 0.1) is 12.4 Å². The Labute approximate surface area is 109 Å². The van der Waals surface area contributed by atoms with Gasteiger partial charge in [0, 0.05) is 19.3 Å². The van der Waals surface area contributed by atoms with Gasteiger partial charge in [0.15, 0.2) is 0 Å². The van der Waals surface area contributed by atoms with Gasteiger partial charge in [0.2, 0.25) is 0 Å². The fourth-order valence-corrected chi connectivity index (χ4v) is 2.15. The molecule has 18 heavy (non-hydrogen) atoms. The quantitative estimate of drug-likeness (QED) is 0.686. The second kappa shape index (κ2) is 7.56. The molecule has 0 saturated heterocycles. The van der Waals surface area contributed by atoms with Crippen molar-refractivity contribution >= 4 is 0 Å². The fourth-order valence-electron chi connectivity index (χ4n) is 2.15. The summed E-state index contributed by atoms with van der Waals surface area (Å²) < 4.78 is 16.2. The number of nitrogens with one attached hydrogen (secondary N) is 1. The Balaban J connectivity index is 1.39. The van der Waals surface area contributed by atoms with Crippen LogP contribution in [0.5, 0.6) is 0 Å². The van der Waals surface area contributed by atoms with E-state index in [0.29, 0.717) is 18.8 Å². The van der Waals surface area contributed by atoms with Crippen LogP contribution >= 0.6 is 0 Å². The number of furan rings is 1. The Hall–Kier alpha value is -0.840. The second-order valence-corrected chi connectivity index (χ2v) is 4.69. The number of ether oxygens (including phenoxy) is 2. The molecule has 0 radical (unpaired) electrons. The summed E-state index contributed by atoms with van der Waals surface area (Å²) in [4.78, 5) is 0. The molecule has 4 heteroatoms. The average molecular weight is 253 g/mol. The maximum absolute atomic E-state index is 5.52. The van der Waals surface area contributed by atoms with E-state index in [2.05, 4.69) is 12.2 Å². The lowest BCUT2D eigenvalue weighted by molar-refractivity contribution is -0.0103. The van der Waals surface area contributed by atoms with E-state index in [1.165, 1.54) is 0 Å². The van der Waals surface area contributed by atoms with Gasteiger partial charge in [-0.05, 0) is 44.9 Å². The van der Waals surface area contributed by atoms with Gasteiger partial charge in [0.25, 0.3) is 0 Å². The molecule has 1 aromatic heterocycles. The molecule has 1 aliphatic rings. The normalized spacial score (nSPS) is 22.9. The van der Waals surface area contributed by atoms with Crippen molar-refractivity contribution in [2.75, 3.05) is 19.8 Å². The molecule has 0 spiro atoms. The molecule has 1 aliphatic carbocycles. The molecule has 102 valence electrons. The molecule has 1 aromatic rings. The number of hydrogen-bond donors (Lipinski definition) is 1. The first-order valence-corrected chi connectivity index (χ1v) is 6.83. The minimum absolute atomic E-state index is 0.489. The van der Waals surface area contributed by atoms with Crippen molar-refractivity contribution in [3.63, 3.8) is 0 Å². The lowest BCUT2D eigenvalue weighted by Gasteiger charge is -2.35. The van der Waals surface area contributed by atoms with Crippen molar-refractivity contribution in [1.82, 2.24) is 5.32 Å². The van der Waals surface area contributed by atoms with Gasteiger partial charge in [-0.2, -0.15) is 0 Å². The predicted molar refractivity (Wildman–Crippen MR) is 69.4 cm³/mol. The highest BCUT2D eigenvalue weighted by molar-refractivity contribution is 4.96. The third-order valence-electron chi connectivity index (χ3n) is 3.22. The number of hydrogen-bond acceptors (Lipinski definition) is 4. The molecule has 0 atom stereocenters. The average Bonchev–Trinajstić information content (AvgIpc) is 2.82. The fraction of sp³-hybridized carbons (Fsp3) is 0.714. The molecule has 1 saturated carbocycles. The van der Waals surface area contributed by atoms with E-state index in [0.717, 1.165) is 44.8 Å². The molecule has 0 bridgehead atoms. The van der Waals surface area contributed by atoms with Crippen LogP contribution in [0.4, 0.5) is 0 Å². The zero-order chi connectivity index (χ0) is 12.6. The van der Waals surface area contributed by atoms with Crippen LogP contribution < -0.4 is 5.32 Å². The maximum atomic E-state index is 5.52. The van der Waals surface area contributed by atoms with Crippen molar-refractivity contribution in [1.29, 1.82) is 0 Å². The highest BCUT2D eigenvalue weighted by Gasteiger charge is 2.28. The van der Waals surface area contributed by atoms with Crippen LogP contribution in [0, 0.1) is 0 Å². The minimum atomic E-state index is 0.489.